The molecule has 0 fully saturated rings. The van der Waals surface area contributed by atoms with E-state index in [1.54, 1.807) is 6.20 Å². The number of benzene rings is 1. The van der Waals surface area contributed by atoms with Crippen LogP contribution < -0.4 is 5.32 Å². The van der Waals surface area contributed by atoms with Crippen LogP contribution in [0.3, 0.4) is 0 Å². The summed E-state index contributed by atoms with van der Waals surface area (Å²) in [4.78, 5) is 8.94. The van der Waals surface area contributed by atoms with Gasteiger partial charge in [0.05, 0.1) is 11.2 Å². The lowest BCUT2D eigenvalue weighted by molar-refractivity contribution is 0.814. The van der Waals surface area contributed by atoms with Gasteiger partial charge in [0, 0.05) is 29.2 Å². The van der Waals surface area contributed by atoms with E-state index in [-0.39, 0.29) is 0 Å². The summed E-state index contributed by atoms with van der Waals surface area (Å²) < 4.78 is 1.88. The lowest BCUT2D eigenvalue weighted by Crippen LogP contribution is -2.03. The number of aryl methyl sites for hydroxylation is 2. The highest BCUT2D eigenvalue weighted by atomic mass is 15.3. The second kappa shape index (κ2) is 5.91. The zero-order valence-electron chi connectivity index (χ0n) is 14.9. The van der Waals surface area contributed by atoms with Gasteiger partial charge in [0.15, 0.2) is 11.6 Å². The monoisotopic (exact) mass is 355 g/mol. The van der Waals surface area contributed by atoms with Crippen LogP contribution in [0.1, 0.15) is 11.4 Å². The Hall–Kier alpha value is -3.74. The van der Waals surface area contributed by atoms with Gasteiger partial charge in [0.2, 0.25) is 0 Å². The number of anilines is 2. The van der Waals surface area contributed by atoms with Gasteiger partial charge < -0.3 is 5.32 Å². The van der Waals surface area contributed by atoms with Gasteiger partial charge in [-0.15, -0.1) is 0 Å². The van der Waals surface area contributed by atoms with E-state index >= 15 is 0 Å². The Kier molecular flexibility index (Phi) is 3.39. The second-order valence-corrected chi connectivity index (χ2v) is 6.51. The van der Waals surface area contributed by atoms with E-state index in [0.29, 0.717) is 5.82 Å². The Morgan fingerprint density at radius 1 is 1.00 bits per heavy atom. The summed E-state index contributed by atoms with van der Waals surface area (Å²) in [6.07, 6.45) is 3.57. The molecule has 0 aliphatic heterocycles. The molecule has 4 heterocycles. The molecule has 132 valence electrons. The van der Waals surface area contributed by atoms with E-state index in [9.17, 15) is 0 Å². The van der Waals surface area contributed by atoms with Crippen molar-refractivity contribution in [1.82, 2.24) is 29.9 Å². The van der Waals surface area contributed by atoms with Crippen molar-refractivity contribution in [2.75, 3.05) is 5.32 Å². The maximum atomic E-state index is 4.56. The van der Waals surface area contributed by atoms with Crippen LogP contribution in [-0.2, 0) is 0 Å². The minimum Gasteiger partial charge on any atom is -0.337 e. The SMILES string of the molecule is Cc1cc(C)n(-c2nccc3cc(Nc4n[nH]c5cccnc45)ccc23)n1. The van der Waals surface area contributed by atoms with Crippen LogP contribution in [-0.4, -0.2) is 29.9 Å². The first-order chi connectivity index (χ1) is 13.2. The fraction of sp³-hybridized carbons (Fsp3) is 0.100. The number of fused-ring (bicyclic) bond motifs is 2. The topological polar surface area (TPSA) is 84.3 Å². The molecule has 0 aliphatic rings. The Morgan fingerprint density at radius 3 is 2.78 bits per heavy atom. The third-order valence-corrected chi connectivity index (χ3v) is 4.54. The number of aromatic amines is 1. The Bertz CT molecular complexity index is 1280. The number of rotatable bonds is 3. The normalized spacial score (nSPS) is 11.3. The summed E-state index contributed by atoms with van der Waals surface area (Å²) >= 11 is 0. The van der Waals surface area contributed by atoms with Crippen molar-refractivity contribution >= 4 is 33.3 Å². The number of nitrogens with zero attached hydrogens (tertiary/aromatic N) is 5. The first-order valence-electron chi connectivity index (χ1n) is 8.67. The van der Waals surface area contributed by atoms with Gasteiger partial charge in [0.25, 0.3) is 0 Å². The number of H-pyrrole nitrogens is 1. The molecule has 0 saturated heterocycles. The van der Waals surface area contributed by atoms with E-state index in [1.165, 1.54) is 0 Å². The molecule has 4 aromatic heterocycles. The van der Waals surface area contributed by atoms with Crippen molar-refractivity contribution in [2.24, 2.45) is 0 Å². The molecule has 0 saturated carbocycles. The van der Waals surface area contributed by atoms with Crippen LogP contribution in [0, 0.1) is 13.8 Å². The maximum absolute atomic E-state index is 4.56. The van der Waals surface area contributed by atoms with Crippen molar-refractivity contribution in [1.29, 1.82) is 0 Å². The van der Waals surface area contributed by atoms with Gasteiger partial charge in [-0.25, -0.2) is 9.67 Å². The van der Waals surface area contributed by atoms with Gasteiger partial charge in [0.1, 0.15) is 5.52 Å². The predicted octanol–water partition coefficient (Wildman–Crippen LogP) is 4.05. The molecule has 0 amide bonds. The van der Waals surface area contributed by atoms with Crippen LogP contribution in [0.25, 0.3) is 27.6 Å². The van der Waals surface area contributed by atoms with E-state index in [4.69, 9.17) is 0 Å². The zero-order chi connectivity index (χ0) is 18.4. The summed E-state index contributed by atoms with van der Waals surface area (Å²) in [5, 5.41) is 17.3. The highest BCUT2D eigenvalue weighted by Gasteiger charge is 2.11. The van der Waals surface area contributed by atoms with Gasteiger partial charge in [-0.05, 0) is 61.7 Å². The number of pyridine rings is 2. The van der Waals surface area contributed by atoms with Crippen molar-refractivity contribution in [3.63, 3.8) is 0 Å². The first kappa shape index (κ1) is 15.5. The highest BCUT2D eigenvalue weighted by molar-refractivity contribution is 5.93. The van der Waals surface area contributed by atoms with Crippen LogP contribution in [0.15, 0.2) is 54.9 Å². The molecule has 0 unspecified atom stereocenters. The second-order valence-electron chi connectivity index (χ2n) is 6.51. The molecule has 0 atom stereocenters. The largest absolute Gasteiger partial charge is 0.337 e. The van der Waals surface area contributed by atoms with Crippen molar-refractivity contribution in [2.45, 2.75) is 13.8 Å². The Balaban J connectivity index is 1.57. The zero-order valence-corrected chi connectivity index (χ0v) is 14.9. The molecule has 5 rings (SSSR count). The average molecular weight is 355 g/mol. The summed E-state index contributed by atoms with van der Waals surface area (Å²) in [7, 11) is 0. The third kappa shape index (κ3) is 2.60. The summed E-state index contributed by atoms with van der Waals surface area (Å²) in [5.74, 6) is 1.54. The van der Waals surface area contributed by atoms with E-state index in [2.05, 4.69) is 42.7 Å². The molecular formula is C20H17N7. The van der Waals surface area contributed by atoms with Crippen molar-refractivity contribution in [3.8, 4) is 5.82 Å². The first-order valence-corrected chi connectivity index (χ1v) is 8.67. The number of hydrogen-bond donors (Lipinski definition) is 2. The van der Waals surface area contributed by atoms with Crippen molar-refractivity contribution in [3.05, 3.63) is 66.2 Å². The van der Waals surface area contributed by atoms with Gasteiger partial charge in [-0.2, -0.15) is 10.2 Å². The van der Waals surface area contributed by atoms with Gasteiger partial charge in [-0.3, -0.25) is 10.1 Å². The number of nitrogens with one attached hydrogen (secondary N) is 2. The van der Waals surface area contributed by atoms with Crippen LogP contribution in [0.2, 0.25) is 0 Å². The average Bonchev–Trinajstić information content (AvgIpc) is 3.24. The molecule has 7 heteroatoms. The molecular weight excluding hydrogens is 338 g/mol. The Morgan fingerprint density at radius 2 is 1.93 bits per heavy atom. The summed E-state index contributed by atoms with van der Waals surface area (Å²) in [5.41, 5.74) is 4.69. The number of hydrogen-bond acceptors (Lipinski definition) is 5. The standard InChI is InChI=1S/C20H17N7/c1-12-10-13(2)27(26-12)20-16-6-5-15(11-14(16)7-9-22-20)23-19-18-17(24-25-19)4-3-8-21-18/h3-11H,1-2H3,(H2,23,24,25). The van der Waals surface area contributed by atoms with Crippen LogP contribution in [0.5, 0.6) is 0 Å². The minimum atomic E-state index is 0.706. The van der Waals surface area contributed by atoms with Crippen molar-refractivity contribution < 1.29 is 0 Å². The number of aromatic nitrogens is 6. The van der Waals surface area contributed by atoms with E-state index in [0.717, 1.165) is 44.7 Å². The third-order valence-electron chi connectivity index (χ3n) is 4.54. The molecule has 7 nitrogen and oxygen atoms in total. The molecule has 1 aromatic carbocycles. The molecule has 0 aliphatic carbocycles. The molecule has 0 spiro atoms. The van der Waals surface area contributed by atoms with E-state index < -0.39 is 0 Å². The summed E-state index contributed by atoms with van der Waals surface area (Å²) in [6.45, 7) is 4.02. The lowest BCUT2D eigenvalue weighted by Gasteiger charge is -2.09. The quantitative estimate of drug-likeness (QED) is 0.510. The smallest absolute Gasteiger partial charge is 0.178 e. The minimum absolute atomic E-state index is 0.706. The maximum Gasteiger partial charge on any atom is 0.178 e. The molecule has 27 heavy (non-hydrogen) atoms. The van der Waals surface area contributed by atoms with Crippen LogP contribution in [0.4, 0.5) is 11.5 Å². The van der Waals surface area contributed by atoms with Gasteiger partial charge >= 0.3 is 0 Å². The fourth-order valence-electron chi connectivity index (χ4n) is 3.33. The lowest BCUT2D eigenvalue weighted by atomic mass is 10.1. The summed E-state index contributed by atoms with van der Waals surface area (Å²) in [6, 6.07) is 14.0. The van der Waals surface area contributed by atoms with Crippen LogP contribution >= 0.6 is 0 Å². The highest BCUT2D eigenvalue weighted by Crippen LogP contribution is 2.27. The van der Waals surface area contributed by atoms with E-state index in [1.807, 2.05) is 55.1 Å². The Labute approximate surface area is 155 Å². The molecule has 5 aromatic rings. The van der Waals surface area contributed by atoms with Gasteiger partial charge in [-0.1, -0.05) is 0 Å². The molecule has 0 bridgehead atoms. The fourth-order valence-corrected chi connectivity index (χ4v) is 3.33. The predicted molar refractivity (Wildman–Crippen MR) is 106 cm³/mol. The molecule has 2 N–H and O–H groups in total. The molecule has 0 radical (unpaired) electrons.